The van der Waals surface area contributed by atoms with E-state index in [4.69, 9.17) is 21.7 Å². The molecule has 1 aromatic carbocycles. The van der Waals surface area contributed by atoms with Gasteiger partial charge in [0.15, 0.2) is 11.5 Å². The van der Waals surface area contributed by atoms with Gasteiger partial charge in [0.2, 0.25) is 0 Å². The zero-order chi connectivity index (χ0) is 19.2. The number of hydrogen-bond donors (Lipinski definition) is 0. The number of amides is 1. The summed E-state index contributed by atoms with van der Waals surface area (Å²) in [5.74, 6) is 1.46. The first kappa shape index (κ1) is 20.2. The highest BCUT2D eigenvalue weighted by atomic mass is 32.2. The lowest BCUT2D eigenvalue weighted by Crippen LogP contribution is -2.39. The van der Waals surface area contributed by atoms with E-state index >= 15 is 0 Å². The number of hydrogen-bond acceptors (Lipinski definition) is 5. The number of carbonyl (C=O) groups is 1. The molecule has 0 radical (unpaired) electrons. The average Bonchev–Trinajstić information content (AvgIpc) is 2.96. The zero-order valence-electron chi connectivity index (χ0n) is 16.0. The van der Waals surface area contributed by atoms with Crippen LogP contribution in [0.4, 0.5) is 0 Å². The fourth-order valence-corrected chi connectivity index (χ4v) is 4.91. The van der Waals surface area contributed by atoms with Crippen molar-refractivity contribution in [2.75, 3.05) is 13.7 Å². The van der Waals surface area contributed by atoms with Crippen molar-refractivity contribution in [1.82, 2.24) is 4.90 Å². The summed E-state index contributed by atoms with van der Waals surface area (Å²) in [7, 11) is 1.63. The number of thioether (sulfide) groups is 1. The summed E-state index contributed by atoms with van der Waals surface area (Å²) in [4.78, 5) is 15.4. The van der Waals surface area contributed by atoms with Crippen molar-refractivity contribution in [1.29, 1.82) is 0 Å². The molecule has 146 valence electrons. The number of methoxy groups -OCH3 is 1. The SMILES string of the molecule is CCCCOc1ccc(C=C2SC(=S)N(C3CCCCC3)C2=O)cc1OC. The van der Waals surface area contributed by atoms with Crippen LogP contribution in [0, 0.1) is 0 Å². The van der Waals surface area contributed by atoms with Crippen molar-refractivity contribution in [3.05, 3.63) is 28.7 Å². The monoisotopic (exact) mass is 405 g/mol. The number of ether oxygens (including phenoxy) is 2. The Morgan fingerprint density at radius 3 is 2.74 bits per heavy atom. The molecule has 1 saturated carbocycles. The number of nitrogens with zero attached hydrogens (tertiary/aromatic N) is 1. The Morgan fingerprint density at radius 2 is 2.04 bits per heavy atom. The summed E-state index contributed by atoms with van der Waals surface area (Å²) in [6.07, 6.45) is 9.72. The topological polar surface area (TPSA) is 38.8 Å². The van der Waals surface area contributed by atoms with Gasteiger partial charge < -0.3 is 9.47 Å². The van der Waals surface area contributed by atoms with Crippen molar-refractivity contribution in [3.63, 3.8) is 0 Å². The van der Waals surface area contributed by atoms with Gasteiger partial charge in [-0.25, -0.2) is 0 Å². The van der Waals surface area contributed by atoms with Gasteiger partial charge in [-0.2, -0.15) is 0 Å². The first-order chi connectivity index (χ1) is 13.1. The summed E-state index contributed by atoms with van der Waals surface area (Å²) < 4.78 is 11.9. The molecule has 0 atom stereocenters. The molecule has 2 fully saturated rings. The van der Waals surface area contributed by atoms with Crippen LogP contribution >= 0.6 is 24.0 Å². The summed E-state index contributed by atoms with van der Waals surface area (Å²) in [5.41, 5.74) is 0.916. The lowest BCUT2D eigenvalue weighted by molar-refractivity contribution is -0.124. The van der Waals surface area contributed by atoms with Gasteiger partial charge in [-0.3, -0.25) is 9.69 Å². The fourth-order valence-electron chi connectivity index (χ4n) is 3.50. The molecule has 0 unspecified atom stereocenters. The van der Waals surface area contributed by atoms with Crippen LogP contribution in [-0.4, -0.2) is 34.9 Å². The Morgan fingerprint density at radius 1 is 1.26 bits per heavy atom. The van der Waals surface area contributed by atoms with Crippen LogP contribution in [0.3, 0.4) is 0 Å². The maximum atomic E-state index is 12.9. The van der Waals surface area contributed by atoms with E-state index in [-0.39, 0.29) is 11.9 Å². The van der Waals surface area contributed by atoms with Gasteiger partial charge in [0.05, 0.1) is 18.6 Å². The fraction of sp³-hybridized carbons (Fsp3) is 0.524. The quantitative estimate of drug-likeness (QED) is 0.345. The minimum Gasteiger partial charge on any atom is -0.493 e. The van der Waals surface area contributed by atoms with E-state index in [1.54, 1.807) is 7.11 Å². The van der Waals surface area contributed by atoms with Gasteiger partial charge in [-0.1, -0.05) is 62.7 Å². The van der Waals surface area contributed by atoms with Gasteiger partial charge in [0, 0.05) is 6.04 Å². The highest BCUT2D eigenvalue weighted by molar-refractivity contribution is 8.26. The number of benzene rings is 1. The second kappa shape index (κ2) is 9.60. The highest BCUT2D eigenvalue weighted by Crippen LogP contribution is 2.38. The highest BCUT2D eigenvalue weighted by Gasteiger charge is 2.37. The average molecular weight is 406 g/mol. The molecule has 27 heavy (non-hydrogen) atoms. The maximum Gasteiger partial charge on any atom is 0.266 e. The largest absolute Gasteiger partial charge is 0.493 e. The summed E-state index contributed by atoms with van der Waals surface area (Å²) in [5, 5.41) is 0. The number of rotatable bonds is 7. The molecule has 0 bridgehead atoms. The molecule has 3 rings (SSSR count). The molecular formula is C21H27NO3S2. The first-order valence-electron chi connectivity index (χ1n) is 9.72. The van der Waals surface area contributed by atoms with Crippen LogP contribution < -0.4 is 9.47 Å². The van der Waals surface area contributed by atoms with Gasteiger partial charge in [-0.05, 0) is 43.0 Å². The molecule has 1 amide bonds. The first-order valence-corrected chi connectivity index (χ1v) is 10.9. The van der Waals surface area contributed by atoms with E-state index in [2.05, 4.69) is 6.92 Å². The molecule has 1 saturated heterocycles. The Labute approximate surface area is 171 Å². The third-order valence-corrected chi connectivity index (χ3v) is 6.33. The lowest BCUT2D eigenvalue weighted by Gasteiger charge is -2.29. The van der Waals surface area contributed by atoms with Crippen LogP contribution in [0.15, 0.2) is 23.1 Å². The van der Waals surface area contributed by atoms with Crippen LogP contribution in [-0.2, 0) is 4.79 Å². The molecule has 1 aliphatic heterocycles. The van der Waals surface area contributed by atoms with Gasteiger partial charge >= 0.3 is 0 Å². The number of thiocarbonyl (C=S) groups is 1. The van der Waals surface area contributed by atoms with E-state index in [0.29, 0.717) is 21.6 Å². The zero-order valence-corrected chi connectivity index (χ0v) is 17.7. The molecule has 1 heterocycles. The molecule has 1 aliphatic carbocycles. The predicted octanol–water partition coefficient (Wildman–Crippen LogP) is 5.41. The summed E-state index contributed by atoms with van der Waals surface area (Å²) in [6.45, 7) is 2.81. The van der Waals surface area contributed by atoms with Crippen molar-refractivity contribution in [2.24, 2.45) is 0 Å². The number of carbonyl (C=O) groups excluding carboxylic acids is 1. The van der Waals surface area contributed by atoms with Crippen LogP contribution in [0.1, 0.15) is 57.4 Å². The molecule has 6 heteroatoms. The normalized spacial score (nSPS) is 19.8. The van der Waals surface area contributed by atoms with Crippen LogP contribution in [0.2, 0.25) is 0 Å². The second-order valence-corrected chi connectivity index (χ2v) is 8.63. The van der Waals surface area contributed by atoms with Crippen LogP contribution in [0.5, 0.6) is 11.5 Å². The smallest absolute Gasteiger partial charge is 0.266 e. The Bertz CT molecular complexity index is 726. The molecule has 2 aliphatic rings. The van der Waals surface area contributed by atoms with E-state index in [0.717, 1.165) is 37.0 Å². The van der Waals surface area contributed by atoms with E-state index in [1.165, 1.54) is 31.0 Å². The minimum absolute atomic E-state index is 0.0409. The van der Waals surface area contributed by atoms with E-state index in [9.17, 15) is 4.79 Å². The molecule has 0 aromatic heterocycles. The standard InChI is InChI=1S/C21H27NO3S2/c1-3-4-12-25-17-11-10-15(13-18(17)24-2)14-19-20(23)22(21(26)27-19)16-8-6-5-7-9-16/h10-11,13-14,16H,3-9,12H2,1-2H3. The van der Waals surface area contributed by atoms with Gasteiger partial charge in [0.1, 0.15) is 4.32 Å². The van der Waals surface area contributed by atoms with Crippen molar-refractivity contribution < 1.29 is 14.3 Å². The molecule has 4 nitrogen and oxygen atoms in total. The molecule has 0 N–H and O–H groups in total. The van der Waals surface area contributed by atoms with Crippen molar-refractivity contribution in [3.8, 4) is 11.5 Å². The summed E-state index contributed by atoms with van der Waals surface area (Å²) in [6, 6.07) is 6.04. The Balaban J connectivity index is 1.75. The van der Waals surface area contributed by atoms with E-state index < -0.39 is 0 Å². The lowest BCUT2D eigenvalue weighted by atomic mass is 9.94. The third-order valence-electron chi connectivity index (χ3n) is 5.00. The van der Waals surface area contributed by atoms with Gasteiger partial charge in [-0.15, -0.1) is 0 Å². The molecular weight excluding hydrogens is 378 g/mol. The molecule has 1 aromatic rings. The van der Waals surface area contributed by atoms with Gasteiger partial charge in [0.25, 0.3) is 5.91 Å². The summed E-state index contributed by atoms with van der Waals surface area (Å²) >= 11 is 6.90. The van der Waals surface area contributed by atoms with E-state index in [1.807, 2.05) is 29.2 Å². The minimum atomic E-state index is 0.0409. The third kappa shape index (κ3) is 4.85. The number of unbranched alkanes of at least 4 members (excludes halogenated alkanes) is 1. The Hall–Kier alpha value is -1.53. The molecule has 0 spiro atoms. The maximum absolute atomic E-state index is 12.9. The van der Waals surface area contributed by atoms with Crippen molar-refractivity contribution in [2.45, 2.75) is 57.9 Å². The van der Waals surface area contributed by atoms with Crippen molar-refractivity contribution >= 4 is 40.3 Å². The Kier molecular flexibility index (Phi) is 7.19. The second-order valence-electron chi connectivity index (χ2n) is 6.96. The predicted molar refractivity (Wildman–Crippen MR) is 115 cm³/mol. The van der Waals surface area contributed by atoms with Crippen LogP contribution in [0.25, 0.3) is 6.08 Å².